The van der Waals surface area contributed by atoms with E-state index in [9.17, 15) is 4.79 Å². The Morgan fingerprint density at radius 3 is 2.56 bits per heavy atom. The number of ether oxygens (including phenoxy) is 1. The van der Waals surface area contributed by atoms with Gasteiger partial charge < -0.3 is 14.7 Å². The van der Waals surface area contributed by atoms with Crippen molar-refractivity contribution in [1.29, 1.82) is 0 Å². The van der Waals surface area contributed by atoms with Gasteiger partial charge in [-0.3, -0.25) is 9.69 Å². The van der Waals surface area contributed by atoms with Crippen LogP contribution < -0.4 is 0 Å². The van der Waals surface area contributed by atoms with Gasteiger partial charge in [-0.25, -0.2) is 0 Å². The molecule has 0 saturated carbocycles. The van der Waals surface area contributed by atoms with Crippen LogP contribution in [0.4, 0.5) is 0 Å². The average molecular weight is 256 g/mol. The number of morpholine rings is 1. The molecule has 0 spiro atoms. The minimum atomic E-state index is -0.129. The molecule has 0 aliphatic carbocycles. The smallest absolute Gasteiger partial charge is 0.236 e. The Balaban J connectivity index is 1.78. The van der Waals surface area contributed by atoms with E-state index in [1.165, 1.54) is 12.8 Å². The SMILES string of the molecule is O=C(CN1CCOC(CO)C1)N1CCCCCC1. The van der Waals surface area contributed by atoms with Crippen molar-refractivity contribution in [3.8, 4) is 0 Å². The molecule has 0 bridgehead atoms. The van der Waals surface area contributed by atoms with E-state index in [1.54, 1.807) is 0 Å². The van der Waals surface area contributed by atoms with E-state index in [4.69, 9.17) is 9.84 Å². The fourth-order valence-electron chi connectivity index (χ4n) is 2.65. The number of aliphatic hydroxyl groups is 1. The molecule has 5 heteroatoms. The molecule has 18 heavy (non-hydrogen) atoms. The zero-order chi connectivity index (χ0) is 12.8. The van der Waals surface area contributed by atoms with Gasteiger partial charge in [-0.15, -0.1) is 0 Å². The lowest BCUT2D eigenvalue weighted by molar-refractivity contribution is -0.134. The molecule has 1 atom stereocenters. The van der Waals surface area contributed by atoms with Gasteiger partial charge in [-0.05, 0) is 12.8 Å². The maximum atomic E-state index is 12.2. The van der Waals surface area contributed by atoms with Gasteiger partial charge >= 0.3 is 0 Å². The van der Waals surface area contributed by atoms with Crippen LogP contribution in [0, 0.1) is 0 Å². The van der Waals surface area contributed by atoms with Crippen LogP contribution in [0.3, 0.4) is 0 Å². The first-order valence-corrected chi connectivity index (χ1v) is 7.02. The summed E-state index contributed by atoms with van der Waals surface area (Å²) in [5.41, 5.74) is 0. The molecule has 0 aromatic rings. The van der Waals surface area contributed by atoms with Crippen LogP contribution in [0.5, 0.6) is 0 Å². The Morgan fingerprint density at radius 2 is 1.89 bits per heavy atom. The largest absolute Gasteiger partial charge is 0.394 e. The maximum Gasteiger partial charge on any atom is 0.236 e. The molecule has 1 N–H and O–H groups in total. The summed E-state index contributed by atoms with van der Waals surface area (Å²) in [4.78, 5) is 16.3. The zero-order valence-electron chi connectivity index (χ0n) is 11.0. The molecule has 0 radical (unpaired) electrons. The van der Waals surface area contributed by atoms with Gasteiger partial charge in [0.2, 0.25) is 5.91 Å². The van der Waals surface area contributed by atoms with E-state index in [0.29, 0.717) is 19.7 Å². The van der Waals surface area contributed by atoms with E-state index in [-0.39, 0.29) is 18.6 Å². The van der Waals surface area contributed by atoms with Crippen molar-refractivity contribution in [3.05, 3.63) is 0 Å². The van der Waals surface area contributed by atoms with Gasteiger partial charge in [0.15, 0.2) is 0 Å². The molecule has 2 heterocycles. The topological polar surface area (TPSA) is 53.0 Å². The molecule has 5 nitrogen and oxygen atoms in total. The summed E-state index contributed by atoms with van der Waals surface area (Å²) in [6, 6.07) is 0. The molecular formula is C13H24N2O3. The number of hydrogen-bond donors (Lipinski definition) is 1. The van der Waals surface area contributed by atoms with Crippen molar-refractivity contribution in [2.24, 2.45) is 0 Å². The first-order valence-electron chi connectivity index (χ1n) is 7.02. The summed E-state index contributed by atoms with van der Waals surface area (Å²) in [5.74, 6) is 0.232. The monoisotopic (exact) mass is 256 g/mol. The molecule has 1 amide bonds. The van der Waals surface area contributed by atoms with Crippen LogP contribution in [-0.4, -0.2) is 72.9 Å². The first kappa shape index (κ1) is 13.8. The fraction of sp³-hybridized carbons (Fsp3) is 0.923. The highest BCUT2D eigenvalue weighted by molar-refractivity contribution is 5.78. The third kappa shape index (κ3) is 3.93. The van der Waals surface area contributed by atoms with Gasteiger partial charge in [0, 0.05) is 26.2 Å². The molecule has 1 unspecified atom stereocenters. The molecule has 2 rings (SSSR count). The Hall–Kier alpha value is -0.650. The van der Waals surface area contributed by atoms with E-state index in [2.05, 4.69) is 4.90 Å². The van der Waals surface area contributed by atoms with Crippen molar-refractivity contribution < 1.29 is 14.6 Å². The first-order chi connectivity index (χ1) is 8.79. The second kappa shape index (κ2) is 7.07. The van der Waals surface area contributed by atoms with Crippen LogP contribution in [-0.2, 0) is 9.53 Å². The number of carbonyl (C=O) groups is 1. The van der Waals surface area contributed by atoms with Crippen LogP contribution >= 0.6 is 0 Å². The number of amides is 1. The lowest BCUT2D eigenvalue weighted by atomic mass is 10.2. The maximum absolute atomic E-state index is 12.2. The van der Waals surface area contributed by atoms with Gasteiger partial charge in [-0.1, -0.05) is 12.8 Å². The third-order valence-electron chi connectivity index (χ3n) is 3.74. The number of rotatable bonds is 3. The molecule has 2 aliphatic rings. The predicted octanol–water partition coefficient (Wildman–Crippen LogP) is 0.0821. The number of hydrogen-bond acceptors (Lipinski definition) is 4. The number of aliphatic hydroxyl groups excluding tert-OH is 1. The molecule has 0 aromatic heterocycles. The average Bonchev–Trinajstić information content (AvgIpc) is 2.68. The van der Waals surface area contributed by atoms with Gasteiger partial charge in [0.05, 0.1) is 25.9 Å². The Morgan fingerprint density at radius 1 is 1.17 bits per heavy atom. The number of likely N-dealkylation sites (tertiary alicyclic amines) is 1. The lowest BCUT2D eigenvalue weighted by Crippen LogP contribution is -2.48. The molecular weight excluding hydrogens is 232 g/mol. The summed E-state index contributed by atoms with van der Waals surface area (Å²) < 4.78 is 5.39. The quantitative estimate of drug-likeness (QED) is 0.777. The molecule has 2 saturated heterocycles. The van der Waals surface area contributed by atoms with Crippen LogP contribution in [0.15, 0.2) is 0 Å². The summed E-state index contributed by atoms with van der Waals surface area (Å²) in [5, 5.41) is 9.08. The Bertz CT molecular complexity index is 265. The summed E-state index contributed by atoms with van der Waals surface area (Å²) >= 11 is 0. The number of carbonyl (C=O) groups excluding carboxylic acids is 1. The highest BCUT2D eigenvalue weighted by atomic mass is 16.5. The van der Waals surface area contributed by atoms with E-state index in [1.807, 2.05) is 4.90 Å². The highest BCUT2D eigenvalue weighted by Gasteiger charge is 2.23. The molecule has 2 aliphatic heterocycles. The molecule has 104 valence electrons. The Kier molecular flexibility index (Phi) is 5.41. The van der Waals surface area contributed by atoms with E-state index < -0.39 is 0 Å². The van der Waals surface area contributed by atoms with Gasteiger partial charge in [-0.2, -0.15) is 0 Å². The second-order valence-electron chi connectivity index (χ2n) is 5.21. The summed E-state index contributed by atoms with van der Waals surface area (Å²) in [6.45, 7) is 4.39. The van der Waals surface area contributed by atoms with Crippen molar-refractivity contribution in [1.82, 2.24) is 9.80 Å². The lowest BCUT2D eigenvalue weighted by Gasteiger charge is -2.33. The van der Waals surface area contributed by atoms with Crippen molar-refractivity contribution >= 4 is 5.91 Å². The standard InChI is InChI=1S/C13H24N2O3/c16-11-12-9-14(7-8-18-12)10-13(17)15-5-3-1-2-4-6-15/h12,16H,1-11H2. The van der Waals surface area contributed by atoms with Crippen molar-refractivity contribution in [2.45, 2.75) is 31.8 Å². The minimum Gasteiger partial charge on any atom is -0.394 e. The normalized spacial score (nSPS) is 26.9. The summed E-state index contributed by atoms with van der Waals surface area (Å²) in [7, 11) is 0. The molecule has 0 aromatic carbocycles. The van der Waals surface area contributed by atoms with Crippen LogP contribution in [0.1, 0.15) is 25.7 Å². The van der Waals surface area contributed by atoms with Gasteiger partial charge in [0.25, 0.3) is 0 Å². The van der Waals surface area contributed by atoms with E-state index >= 15 is 0 Å². The van der Waals surface area contributed by atoms with Gasteiger partial charge in [0.1, 0.15) is 0 Å². The van der Waals surface area contributed by atoms with Crippen LogP contribution in [0.2, 0.25) is 0 Å². The Labute approximate surface area is 109 Å². The van der Waals surface area contributed by atoms with Crippen molar-refractivity contribution in [3.63, 3.8) is 0 Å². The van der Waals surface area contributed by atoms with E-state index in [0.717, 1.165) is 32.5 Å². The third-order valence-corrected chi connectivity index (χ3v) is 3.74. The second-order valence-corrected chi connectivity index (χ2v) is 5.21. The minimum absolute atomic E-state index is 0.0361. The number of nitrogens with zero attached hydrogens (tertiary/aromatic N) is 2. The highest BCUT2D eigenvalue weighted by Crippen LogP contribution is 2.11. The fourth-order valence-corrected chi connectivity index (χ4v) is 2.65. The van der Waals surface area contributed by atoms with Crippen LogP contribution in [0.25, 0.3) is 0 Å². The zero-order valence-corrected chi connectivity index (χ0v) is 11.0. The summed E-state index contributed by atoms with van der Waals surface area (Å²) in [6.07, 6.45) is 4.63. The predicted molar refractivity (Wildman–Crippen MR) is 68.3 cm³/mol. The molecule has 2 fully saturated rings. The van der Waals surface area contributed by atoms with Crippen molar-refractivity contribution in [2.75, 3.05) is 45.9 Å².